The Morgan fingerprint density at radius 2 is 1.73 bits per heavy atom. The van der Waals surface area contributed by atoms with Crippen molar-refractivity contribution in [2.75, 3.05) is 5.32 Å². The molecule has 2 N–H and O–H groups in total. The summed E-state index contributed by atoms with van der Waals surface area (Å²) in [5.74, 6) is -0.428. The van der Waals surface area contributed by atoms with E-state index < -0.39 is 5.91 Å². The number of para-hydroxylation sites is 1. The van der Waals surface area contributed by atoms with Gasteiger partial charge in [0.15, 0.2) is 0 Å². The van der Waals surface area contributed by atoms with Crippen LogP contribution in [0.3, 0.4) is 0 Å². The van der Waals surface area contributed by atoms with Crippen molar-refractivity contribution in [1.82, 2.24) is 9.55 Å². The lowest BCUT2D eigenvalue weighted by molar-refractivity contribution is 0.102. The lowest BCUT2D eigenvalue weighted by Gasteiger charge is -2.09. The van der Waals surface area contributed by atoms with Crippen molar-refractivity contribution in [3.8, 4) is 0 Å². The smallest absolute Gasteiger partial charge is 0.261 e. The van der Waals surface area contributed by atoms with Crippen LogP contribution in [0.1, 0.15) is 15.9 Å². The highest BCUT2D eigenvalue weighted by Crippen LogP contribution is 2.22. The summed E-state index contributed by atoms with van der Waals surface area (Å²) in [6.45, 7) is 0.742. The van der Waals surface area contributed by atoms with Crippen molar-refractivity contribution in [3.05, 3.63) is 113 Å². The number of benzene rings is 3. The number of aromatic amines is 1. The molecule has 0 radical (unpaired) electrons. The minimum atomic E-state index is -0.428. The third-order valence-electron chi connectivity index (χ3n) is 5.26. The van der Waals surface area contributed by atoms with Crippen LogP contribution < -0.4 is 10.7 Å². The fourth-order valence-corrected chi connectivity index (χ4v) is 3.71. The monoisotopic (exact) mass is 393 g/mol. The molecule has 0 aliphatic rings. The fraction of sp³-hybridized carbons (Fsp3) is 0.0400. The van der Waals surface area contributed by atoms with Crippen LogP contribution in [0.5, 0.6) is 0 Å². The predicted molar refractivity (Wildman–Crippen MR) is 120 cm³/mol. The number of pyridine rings is 1. The quantitative estimate of drug-likeness (QED) is 0.461. The topological polar surface area (TPSA) is 66.9 Å². The Morgan fingerprint density at radius 3 is 2.60 bits per heavy atom. The lowest BCUT2D eigenvalue weighted by atomic mass is 10.1. The summed E-state index contributed by atoms with van der Waals surface area (Å²) in [5, 5.41) is 4.45. The largest absolute Gasteiger partial charge is 0.360 e. The number of nitrogens with one attached hydrogen (secondary N) is 2. The van der Waals surface area contributed by atoms with Crippen LogP contribution in [0.25, 0.3) is 21.8 Å². The average Bonchev–Trinajstić information content (AvgIpc) is 3.17. The van der Waals surface area contributed by atoms with Gasteiger partial charge >= 0.3 is 0 Å². The maximum atomic E-state index is 12.8. The van der Waals surface area contributed by atoms with Crippen LogP contribution in [0, 0.1) is 0 Å². The second-order valence-corrected chi connectivity index (χ2v) is 7.23. The first kappa shape index (κ1) is 17.9. The number of carbonyl (C=O) groups excluding carboxylic acids is 1. The van der Waals surface area contributed by atoms with Gasteiger partial charge in [0.2, 0.25) is 5.43 Å². The fourth-order valence-electron chi connectivity index (χ4n) is 3.71. The molecule has 5 rings (SSSR count). The van der Waals surface area contributed by atoms with Crippen LogP contribution in [0.2, 0.25) is 0 Å². The van der Waals surface area contributed by atoms with E-state index in [0.29, 0.717) is 16.6 Å². The number of hydrogen-bond acceptors (Lipinski definition) is 2. The summed E-state index contributed by atoms with van der Waals surface area (Å²) in [6.07, 6.45) is 3.51. The number of rotatable bonds is 4. The number of anilines is 1. The van der Waals surface area contributed by atoms with Gasteiger partial charge in [-0.25, -0.2) is 0 Å². The van der Waals surface area contributed by atoms with E-state index >= 15 is 0 Å². The minimum Gasteiger partial charge on any atom is -0.360 e. The summed E-state index contributed by atoms with van der Waals surface area (Å²) in [5.41, 5.74) is 3.38. The summed E-state index contributed by atoms with van der Waals surface area (Å²) >= 11 is 0. The van der Waals surface area contributed by atoms with Gasteiger partial charge in [-0.1, -0.05) is 48.5 Å². The molecular formula is C25H19N3O2. The molecule has 1 amide bonds. The number of aromatic nitrogens is 2. The molecular weight excluding hydrogens is 374 g/mol. The first-order valence-electron chi connectivity index (χ1n) is 9.74. The summed E-state index contributed by atoms with van der Waals surface area (Å²) in [7, 11) is 0. The van der Waals surface area contributed by atoms with Crippen LogP contribution in [0.15, 0.2) is 96.1 Å². The molecule has 0 atom stereocenters. The normalized spacial score (nSPS) is 11.1. The molecule has 0 saturated heterocycles. The maximum Gasteiger partial charge on any atom is 0.261 e. The third kappa shape index (κ3) is 3.26. The first-order valence-corrected chi connectivity index (χ1v) is 9.74. The van der Waals surface area contributed by atoms with Gasteiger partial charge in [-0.3, -0.25) is 9.59 Å². The lowest BCUT2D eigenvalue weighted by Crippen LogP contribution is -2.21. The average molecular weight is 393 g/mol. The zero-order chi connectivity index (χ0) is 20.5. The zero-order valence-corrected chi connectivity index (χ0v) is 16.1. The minimum absolute atomic E-state index is 0.0912. The van der Waals surface area contributed by atoms with Crippen LogP contribution in [0.4, 0.5) is 5.69 Å². The Bertz CT molecular complexity index is 1430. The molecule has 5 heteroatoms. The van der Waals surface area contributed by atoms with E-state index in [0.717, 1.165) is 17.4 Å². The number of hydrogen-bond donors (Lipinski definition) is 2. The Kier molecular flexibility index (Phi) is 4.41. The Labute approximate surface area is 172 Å². The van der Waals surface area contributed by atoms with Gasteiger partial charge in [-0.05, 0) is 41.3 Å². The van der Waals surface area contributed by atoms with Gasteiger partial charge < -0.3 is 14.9 Å². The van der Waals surface area contributed by atoms with Crippen molar-refractivity contribution in [2.45, 2.75) is 6.54 Å². The molecule has 3 aromatic carbocycles. The molecule has 0 bridgehead atoms. The molecule has 0 aliphatic carbocycles. The second-order valence-electron chi connectivity index (χ2n) is 7.23. The SMILES string of the molecule is O=C(Nc1ccc2ccn(Cc3ccccc3)c2c1)c1c[nH]c2ccccc2c1=O. The van der Waals surface area contributed by atoms with Gasteiger partial charge in [0.1, 0.15) is 5.56 Å². The molecule has 146 valence electrons. The van der Waals surface area contributed by atoms with Crippen LogP contribution in [-0.2, 0) is 6.54 Å². The molecule has 2 heterocycles. The molecule has 0 unspecified atom stereocenters. The van der Waals surface area contributed by atoms with Crippen molar-refractivity contribution in [3.63, 3.8) is 0 Å². The van der Waals surface area contributed by atoms with Gasteiger partial charge in [0, 0.05) is 35.5 Å². The highest BCUT2D eigenvalue weighted by atomic mass is 16.2. The van der Waals surface area contributed by atoms with E-state index in [1.54, 1.807) is 12.1 Å². The maximum absolute atomic E-state index is 12.8. The van der Waals surface area contributed by atoms with Crippen LogP contribution >= 0.6 is 0 Å². The molecule has 30 heavy (non-hydrogen) atoms. The van der Waals surface area contributed by atoms with E-state index in [2.05, 4.69) is 33.1 Å². The van der Waals surface area contributed by atoms with E-state index in [1.165, 1.54) is 11.8 Å². The predicted octanol–water partition coefficient (Wildman–Crippen LogP) is 4.78. The zero-order valence-electron chi connectivity index (χ0n) is 16.1. The van der Waals surface area contributed by atoms with E-state index in [-0.39, 0.29) is 11.0 Å². The number of nitrogens with zero attached hydrogens (tertiary/aromatic N) is 1. The Hall–Kier alpha value is -4.12. The molecule has 2 aromatic heterocycles. The number of carbonyl (C=O) groups is 1. The van der Waals surface area contributed by atoms with Gasteiger partial charge in [-0.15, -0.1) is 0 Å². The van der Waals surface area contributed by atoms with E-state index in [1.807, 2.05) is 54.7 Å². The number of fused-ring (bicyclic) bond motifs is 2. The highest BCUT2D eigenvalue weighted by Gasteiger charge is 2.14. The summed E-state index contributed by atoms with van der Waals surface area (Å²) < 4.78 is 2.14. The van der Waals surface area contributed by atoms with Gasteiger partial charge in [0.05, 0.1) is 5.52 Å². The molecule has 0 spiro atoms. The molecule has 5 aromatic rings. The first-order chi connectivity index (χ1) is 14.7. The second kappa shape index (κ2) is 7.37. The molecule has 0 aliphatic heterocycles. The molecule has 0 fully saturated rings. The Morgan fingerprint density at radius 1 is 0.933 bits per heavy atom. The van der Waals surface area contributed by atoms with Crippen molar-refractivity contribution in [1.29, 1.82) is 0 Å². The standard InChI is InChI=1S/C25H19N3O2/c29-24-20-8-4-5-9-22(20)26-15-21(24)25(30)27-19-11-10-18-12-13-28(23(18)14-19)16-17-6-2-1-3-7-17/h1-15H,16H2,(H,26,29)(H,27,30). The van der Waals surface area contributed by atoms with Crippen molar-refractivity contribution < 1.29 is 4.79 Å². The summed E-state index contributed by atoms with van der Waals surface area (Å²) in [6, 6.07) is 25.2. The molecule has 5 nitrogen and oxygen atoms in total. The highest BCUT2D eigenvalue weighted by molar-refractivity contribution is 6.06. The van der Waals surface area contributed by atoms with E-state index in [9.17, 15) is 9.59 Å². The molecule has 0 saturated carbocycles. The van der Waals surface area contributed by atoms with Crippen molar-refractivity contribution >= 4 is 33.4 Å². The number of amides is 1. The third-order valence-corrected chi connectivity index (χ3v) is 5.26. The Balaban J connectivity index is 1.45. The van der Waals surface area contributed by atoms with Crippen LogP contribution in [-0.4, -0.2) is 15.5 Å². The summed E-state index contributed by atoms with van der Waals surface area (Å²) in [4.78, 5) is 28.5. The van der Waals surface area contributed by atoms with Gasteiger partial charge in [-0.2, -0.15) is 0 Å². The van der Waals surface area contributed by atoms with Gasteiger partial charge in [0.25, 0.3) is 5.91 Å². The van der Waals surface area contributed by atoms with E-state index in [4.69, 9.17) is 0 Å². The van der Waals surface area contributed by atoms with Crippen molar-refractivity contribution in [2.24, 2.45) is 0 Å². The number of H-pyrrole nitrogens is 1.